The number of hydrogen-bond donors (Lipinski definition) is 0. The Balaban J connectivity index is 2.15. The smallest absolute Gasteiger partial charge is 0.285 e. The molecule has 26 heavy (non-hydrogen) atoms. The highest BCUT2D eigenvalue weighted by Crippen LogP contribution is 2.16. The van der Waals surface area contributed by atoms with Crippen molar-refractivity contribution in [1.29, 1.82) is 0 Å². The van der Waals surface area contributed by atoms with Crippen molar-refractivity contribution in [3.05, 3.63) is 60.9 Å². The summed E-state index contributed by atoms with van der Waals surface area (Å²) >= 11 is 0. The number of carbonyl (C=O) groups excluding carboxylic acids is 1. The lowest BCUT2D eigenvalue weighted by molar-refractivity contribution is -0.113. The summed E-state index contributed by atoms with van der Waals surface area (Å²) in [4.78, 5) is 15.6. The first-order chi connectivity index (χ1) is 12.5. The van der Waals surface area contributed by atoms with Crippen molar-refractivity contribution in [2.75, 3.05) is 6.61 Å². The van der Waals surface area contributed by atoms with Crippen LogP contribution in [0.15, 0.2) is 55.3 Å². The molecule has 1 heterocycles. The summed E-state index contributed by atoms with van der Waals surface area (Å²) in [6, 6.07) is 3.97. The summed E-state index contributed by atoms with van der Waals surface area (Å²) in [6.45, 7) is 5.56. The quantitative estimate of drug-likeness (QED) is 0.265. The molecular weight excluding hydrogens is 336 g/mol. The highest BCUT2D eigenvalue weighted by atomic mass is 19.3. The minimum Gasteiger partial charge on any atom is -0.478 e. The van der Waals surface area contributed by atoms with Crippen LogP contribution in [0.4, 0.5) is 8.78 Å². The number of ketones is 1. The molecule has 3 nitrogen and oxygen atoms in total. The van der Waals surface area contributed by atoms with Gasteiger partial charge < -0.3 is 4.74 Å². The van der Waals surface area contributed by atoms with Crippen LogP contribution in [-0.4, -0.2) is 23.3 Å². The van der Waals surface area contributed by atoms with E-state index in [1.807, 2.05) is 25.1 Å². The van der Waals surface area contributed by atoms with Crippen LogP contribution in [0.25, 0.3) is 0 Å². The molecule has 0 radical (unpaired) electrons. The molecule has 0 spiro atoms. The van der Waals surface area contributed by atoms with Crippen molar-refractivity contribution in [3.63, 3.8) is 0 Å². The van der Waals surface area contributed by atoms with Gasteiger partial charge in [-0.2, -0.15) is 8.78 Å². The van der Waals surface area contributed by atoms with E-state index in [0.29, 0.717) is 24.6 Å². The number of allylic oxidation sites excluding steroid dienone is 5. The van der Waals surface area contributed by atoms with E-state index in [4.69, 9.17) is 4.74 Å². The molecule has 0 N–H and O–H groups in total. The van der Waals surface area contributed by atoms with E-state index in [0.717, 1.165) is 38.2 Å². The van der Waals surface area contributed by atoms with Gasteiger partial charge in [0.25, 0.3) is 5.92 Å². The standard InChI is InChI=1S/C21H27F2NO2/c1-3-21(22,23)15-13-19(25)12-10-8-6-5-7-9-11-18-14-16-24-20(17-18)26-4-2/h3,8,10,13-17H,1,4-7,9,11-12H2,2H3/b10-8+,15-13+. The SMILES string of the molecule is C=CC(F)(F)/C=C/C(=O)C/C=C/CCCCCc1ccnc(OCC)c1. The molecule has 1 aromatic heterocycles. The Morgan fingerprint density at radius 1 is 1.31 bits per heavy atom. The predicted molar refractivity (Wildman–Crippen MR) is 101 cm³/mol. The molecule has 0 saturated carbocycles. The number of pyridine rings is 1. The molecule has 0 atom stereocenters. The number of unbranched alkanes of at least 4 members (excludes halogenated alkanes) is 3. The maximum absolute atomic E-state index is 12.9. The van der Waals surface area contributed by atoms with Crippen LogP contribution in [-0.2, 0) is 11.2 Å². The lowest BCUT2D eigenvalue weighted by atomic mass is 10.1. The summed E-state index contributed by atoms with van der Waals surface area (Å²) in [5.41, 5.74) is 1.22. The summed E-state index contributed by atoms with van der Waals surface area (Å²) in [5, 5.41) is 0. The van der Waals surface area contributed by atoms with Gasteiger partial charge in [0.1, 0.15) is 0 Å². The Morgan fingerprint density at radius 3 is 2.85 bits per heavy atom. The van der Waals surface area contributed by atoms with Gasteiger partial charge in [-0.15, -0.1) is 0 Å². The van der Waals surface area contributed by atoms with Gasteiger partial charge in [-0.25, -0.2) is 4.98 Å². The molecule has 0 saturated heterocycles. The van der Waals surface area contributed by atoms with E-state index in [-0.39, 0.29) is 12.2 Å². The Bertz CT molecular complexity index is 624. The third-order valence-electron chi connectivity index (χ3n) is 3.68. The average molecular weight is 363 g/mol. The Hall–Kier alpha value is -2.30. The normalized spacial score (nSPS) is 12.0. The molecular formula is C21H27F2NO2. The second-order valence-electron chi connectivity index (χ2n) is 5.89. The fourth-order valence-corrected chi connectivity index (χ4v) is 2.26. The number of alkyl halides is 2. The molecule has 5 heteroatoms. The molecule has 0 fully saturated rings. The first kappa shape index (κ1) is 21.7. The number of aromatic nitrogens is 1. The number of aryl methyl sites for hydroxylation is 1. The number of nitrogens with zero attached hydrogens (tertiary/aromatic N) is 1. The molecule has 0 aliphatic heterocycles. The topological polar surface area (TPSA) is 39.2 Å². The predicted octanol–water partition coefficient (Wildman–Crippen LogP) is 5.48. The third kappa shape index (κ3) is 9.87. The lowest BCUT2D eigenvalue weighted by Gasteiger charge is -2.04. The number of halogens is 2. The zero-order chi connectivity index (χ0) is 19.3. The molecule has 0 aliphatic rings. The summed E-state index contributed by atoms with van der Waals surface area (Å²) in [5.74, 6) is -2.81. The van der Waals surface area contributed by atoms with Gasteiger partial charge in [0, 0.05) is 18.7 Å². The van der Waals surface area contributed by atoms with Gasteiger partial charge in [-0.3, -0.25) is 4.79 Å². The highest BCUT2D eigenvalue weighted by Gasteiger charge is 2.18. The van der Waals surface area contributed by atoms with Crippen LogP contribution in [0.2, 0.25) is 0 Å². The molecule has 0 bridgehead atoms. The highest BCUT2D eigenvalue weighted by molar-refractivity contribution is 5.90. The fourth-order valence-electron chi connectivity index (χ4n) is 2.26. The largest absolute Gasteiger partial charge is 0.478 e. The molecule has 0 unspecified atom stereocenters. The molecule has 0 aliphatic carbocycles. The van der Waals surface area contributed by atoms with Crippen molar-refractivity contribution >= 4 is 5.78 Å². The van der Waals surface area contributed by atoms with E-state index < -0.39 is 5.92 Å². The monoisotopic (exact) mass is 363 g/mol. The van der Waals surface area contributed by atoms with Crippen LogP contribution < -0.4 is 4.74 Å². The van der Waals surface area contributed by atoms with Crippen LogP contribution in [0.5, 0.6) is 5.88 Å². The second-order valence-corrected chi connectivity index (χ2v) is 5.89. The van der Waals surface area contributed by atoms with Crippen LogP contribution in [0.1, 0.15) is 44.6 Å². The Labute approximate surface area is 154 Å². The van der Waals surface area contributed by atoms with E-state index >= 15 is 0 Å². The van der Waals surface area contributed by atoms with Crippen molar-refractivity contribution < 1.29 is 18.3 Å². The molecule has 0 aromatic carbocycles. The fraction of sp³-hybridized carbons (Fsp3) is 0.429. The van der Waals surface area contributed by atoms with Gasteiger partial charge in [0.05, 0.1) is 6.61 Å². The molecule has 1 rings (SSSR count). The summed E-state index contributed by atoms with van der Waals surface area (Å²) < 4.78 is 31.1. The lowest BCUT2D eigenvalue weighted by Crippen LogP contribution is -2.07. The van der Waals surface area contributed by atoms with Gasteiger partial charge in [-0.05, 0) is 62.5 Å². The summed E-state index contributed by atoms with van der Waals surface area (Å²) in [7, 11) is 0. The minimum absolute atomic E-state index is 0.140. The zero-order valence-corrected chi connectivity index (χ0v) is 15.3. The maximum Gasteiger partial charge on any atom is 0.285 e. The van der Waals surface area contributed by atoms with Crippen molar-refractivity contribution in [2.45, 2.75) is 51.4 Å². The molecule has 142 valence electrons. The van der Waals surface area contributed by atoms with E-state index in [2.05, 4.69) is 11.6 Å². The average Bonchev–Trinajstić information content (AvgIpc) is 2.63. The van der Waals surface area contributed by atoms with Crippen LogP contribution in [0, 0.1) is 0 Å². The van der Waals surface area contributed by atoms with E-state index in [1.165, 1.54) is 5.56 Å². The van der Waals surface area contributed by atoms with Crippen molar-refractivity contribution in [1.82, 2.24) is 4.98 Å². The second kappa shape index (κ2) is 12.1. The van der Waals surface area contributed by atoms with Gasteiger partial charge in [0.2, 0.25) is 5.88 Å². The summed E-state index contributed by atoms with van der Waals surface area (Å²) in [6.07, 6.45) is 12.6. The number of rotatable bonds is 13. The minimum atomic E-state index is -3.13. The van der Waals surface area contributed by atoms with Gasteiger partial charge in [0.15, 0.2) is 5.78 Å². The van der Waals surface area contributed by atoms with E-state index in [9.17, 15) is 13.6 Å². The van der Waals surface area contributed by atoms with Crippen LogP contribution in [0.3, 0.4) is 0 Å². The number of hydrogen-bond acceptors (Lipinski definition) is 3. The molecule has 0 amide bonds. The maximum atomic E-state index is 12.9. The first-order valence-corrected chi connectivity index (χ1v) is 8.93. The first-order valence-electron chi connectivity index (χ1n) is 8.93. The molecule has 1 aromatic rings. The van der Waals surface area contributed by atoms with Gasteiger partial charge in [-0.1, -0.05) is 25.2 Å². The van der Waals surface area contributed by atoms with Crippen LogP contribution >= 0.6 is 0 Å². The van der Waals surface area contributed by atoms with E-state index in [1.54, 1.807) is 12.3 Å². The van der Waals surface area contributed by atoms with Crippen molar-refractivity contribution in [3.8, 4) is 5.88 Å². The number of ether oxygens (including phenoxy) is 1. The third-order valence-corrected chi connectivity index (χ3v) is 3.68. The van der Waals surface area contributed by atoms with Gasteiger partial charge >= 0.3 is 0 Å². The van der Waals surface area contributed by atoms with Crippen molar-refractivity contribution in [2.24, 2.45) is 0 Å². The Morgan fingerprint density at radius 2 is 2.12 bits per heavy atom. The zero-order valence-electron chi connectivity index (χ0n) is 15.3. The number of carbonyl (C=O) groups is 1. The Kier molecular flexibility index (Phi) is 10.1.